The number of hydrogen-bond acceptors (Lipinski definition) is 3. The van der Waals surface area contributed by atoms with Crippen LogP contribution < -0.4 is 5.32 Å². The van der Waals surface area contributed by atoms with Crippen molar-refractivity contribution in [1.82, 2.24) is 10.2 Å². The Bertz CT molecular complexity index is 410. The van der Waals surface area contributed by atoms with E-state index in [0.717, 1.165) is 0 Å². The van der Waals surface area contributed by atoms with Crippen LogP contribution in [0.15, 0.2) is 24.3 Å². The highest BCUT2D eigenvalue weighted by Crippen LogP contribution is 2.19. The van der Waals surface area contributed by atoms with Crippen LogP contribution in [-0.2, 0) is 0 Å². The van der Waals surface area contributed by atoms with Crippen LogP contribution in [0, 0.1) is 0 Å². The van der Waals surface area contributed by atoms with Crippen molar-refractivity contribution >= 4 is 5.91 Å². The summed E-state index contributed by atoms with van der Waals surface area (Å²) in [4.78, 5) is 14.0. The molecule has 0 radical (unpaired) electrons. The number of amides is 1. The molecular weight excluding hydrogens is 216 g/mol. The Balaban J connectivity index is 2.17. The maximum Gasteiger partial charge on any atom is 0.257 e. The Kier molecular flexibility index (Phi) is 3.33. The fourth-order valence-electron chi connectivity index (χ4n) is 2.32. The predicted molar refractivity (Wildman–Crippen MR) is 66.1 cm³/mol. The van der Waals surface area contributed by atoms with Crippen molar-refractivity contribution in [2.75, 3.05) is 13.1 Å². The quantitative estimate of drug-likeness (QED) is 0.768. The lowest BCUT2D eigenvalue weighted by molar-refractivity contribution is 0.0671. The first-order valence-corrected chi connectivity index (χ1v) is 5.91. The lowest BCUT2D eigenvalue weighted by atomic mass is 10.1. The first-order valence-electron chi connectivity index (χ1n) is 5.91. The lowest BCUT2D eigenvalue weighted by Crippen LogP contribution is -2.55. The number of carbonyl (C=O) groups is 1. The molecule has 2 unspecified atom stereocenters. The monoisotopic (exact) mass is 234 g/mol. The van der Waals surface area contributed by atoms with Crippen LogP contribution in [-0.4, -0.2) is 41.1 Å². The third-order valence-corrected chi connectivity index (χ3v) is 2.98. The second-order valence-electron chi connectivity index (χ2n) is 4.70. The average molecular weight is 234 g/mol. The number of hydrogen-bond donors (Lipinski definition) is 2. The van der Waals surface area contributed by atoms with Crippen molar-refractivity contribution in [3.8, 4) is 5.75 Å². The number of phenolic OH excluding ortho intramolecular Hbond substituents is 1. The van der Waals surface area contributed by atoms with Crippen LogP contribution in [0.2, 0.25) is 0 Å². The van der Waals surface area contributed by atoms with Gasteiger partial charge in [-0.2, -0.15) is 0 Å². The van der Waals surface area contributed by atoms with Gasteiger partial charge in [-0.05, 0) is 26.0 Å². The summed E-state index contributed by atoms with van der Waals surface area (Å²) in [5, 5.41) is 13.1. The molecule has 1 amide bonds. The molecule has 2 N–H and O–H groups in total. The molecule has 1 aliphatic heterocycles. The van der Waals surface area contributed by atoms with Gasteiger partial charge in [0.05, 0.1) is 5.56 Å². The largest absolute Gasteiger partial charge is 0.507 e. The fraction of sp³-hybridized carbons (Fsp3) is 0.462. The first kappa shape index (κ1) is 11.9. The predicted octanol–water partition coefficient (Wildman–Crippen LogP) is 1.21. The summed E-state index contributed by atoms with van der Waals surface area (Å²) < 4.78 is 0. The fourth-order valence-corrected chi connectivity index (χ4v) is 2.32. The zero-order chi connectivity index (χ0) is 12.4. The highest BCUT2D eigenvalue weighted by atomic mass is 16.3. The molecule has 0 spiro atoms. The molecule has 1 aromatic carbocycles. The highest BCUT2D eigenvalue weighted by molar-refractivity contribution is 5.96. The minimum atomic E-state index is -0.0942. The summed E-state index contributed by atoms with van der Waals surface area (Å²) in [7, 11) is 0. The number of aromatic hydroxyl groups is 1. The van der Waals surface area contributed by atoms with Gasteiger partial charge in [0.25, 0.3) is 5.91 Å². The average Bonchev–Trinajstić information content (AvgIpc) is 2.27. The number of para-hydroxylation sites is 1. The molecule has 2 atom stereocenters. The molecule has 92 valence electrons. The summed E-state index contributed by atoms with van der Waals surface area (Å²) >= 11 is 0. The van der Waals surface area contributed by atoms with Crippen LogP contribution in [0.1, 0.15) is 24.2 Å². The molecule has 2 rings (SSSR count). The molecule has 0 aromatic heterocycles. The maximum absolute atomic E-state index is 12.2. The van der Waals surface area contributed by atoms with Crippen molar-refractivity contribution in [3.05, 3.63) is 29.8 Å². The van der Waals surface area contributed by atoms with E-state index in [1.807, 2.05) is 0 Å². The molecular formula is C13H18N2O2. The molecule has 0 bridgehead atoms. The summed E-state index contributed by atoms with van der Waals surface area (Å²) in [6.45, 7) is 5.47. The van der Waals surface area contributed by atoms with Gasteiger partial charge in [0, 0.05) is 25.2 Å². The molecule has 0 aliphatic carbocycles. The van der Waals surface area contributed by atoms with E-state index < -0.39 is 0 Å². The van der Waals surface area contributed by atoms with E-state index >= 15 is 0 Å². The van der Waals surface area contributed by atoms with Crippen LogP contribution >= 0.6 is 0 Å². The molecule has 1 saturated heterocycles. The Morgan fingerprint density at radius 1 is 1.29 bits per heavy atom. The summed E-state index contributed by atoms with van der Waals surface area (Å²) in [5.41, 5.74) is 0.383. The van der Waals surface area contributed by atoms with Gasteiger partial charge in [0.2, 0.25) is 0 Å². The Morgan fingerprint density at radius 2 is 1.88 bits per heavy atom. The van der Waals surface area contributed by atoms with Gasteiger partial charge >= 0.3 is 0 Å². The molecule has 1 aliphatic rings. The van der Waals surface area contributed by atoms with Gasteiger partial charge in [-0.25, -0.2) is 0 Å². The van der Waals surface area contributed by atoms with Crippen molar-refractivity contribution < 1.29 is 9.90 Å². The summed E-state index contributed by atoms with van der Waals surface area (Å²) in [6, 6.07) is 7.26. The first-order chi connectivity index (χ1) is 8.08. The number of rotatable bonds is 1. The Labute approximate surface area is 101 Å². The topological polar surface area (TPSA) is 52.6 Å². The second-order valence-corrected chi connectivity index (χ2v) is 4.70. The number of carbonyl (C=O) groups excluding carboxylic acids is 1. The molecule has 4 heteroatoms. The van der Waals surface area contributed by atoms with Crippen molar-refractivity contribution in [2.45, 2.75) is 25.9 Å². The normalized spacial score (nSPS) is 24.7. The number of benzene rings is 1. The molecule has 1 fully saturated rings. The van der Waals surface area contributed by atoms with Gasteiger partial charge in [0.1, 0.15) is 5.75 Å². The molecule has 4 nitrogen and oxygen atoms in total. The standard InChI is InChI=1S/C13H18N2O2/c1-9-7-15(8-10(2)14-9)13(17)11-5-3-4-6-12(11)16/h3-6,9-10,14,16H,7-8H2,1-2H3. The van der Waals surface area contributed by atoms with Gasteiger partial charge in [-0.1, -0.05) is 12.1 Å². The van der Waals surface area contributed by atoms with Gasteiger partial charge in [0.15, 0.2) is 0 Å². The minimum absolute atomic E-state index is 0.0522. The number of nitrogens with one attached hydrogen (secondary N) is 1. The van der Waals surface area contributed by atoms with Crippen molar-refractivity contribution in [1.29, 1.82) is 0 Å². The van der Waals surface area contributed by atoms with Crippen LogP contribution in [0.5, 0.6) is 5.75 Å². The number of nitrogens with zero attached hydrogens (tertiary/aromatic N) is 1. The van der Waals surface area contributed by atoms with Crippen molar-refractivity contribution in [3.63, 3.8) is 0 Å². The lowest BCUT2D eigenvalue weighted by Gasteiger charge is -2.36. The third kappa shape index (κ3) is 2.58. The highest BCUT2D eigenvalue weighted by Gasteiger charge is 2.26. The molecule has 1 heterocycles. The summed E-state index contributed by atoms with van der Waals surface area (Å²) in [6.07, 6.45) is 0. The van der Waals surface area contributed by atoms with E-state index in [1.165, 1.54) is 0 Å². The second kappa shape index (κ2) is 4.75. The molecule has 0 saturated carbocycles. The van der Waals surface area contributed by atoms with Crippen LogP contribution in [0.3, 0.4) is 0 Å². The van der Waals surface area contributed by atoms with E-state index in [1.54, 1.807) is 29.2 Å². The van der Waals surface area contributed by atoms with Gasteiger partial charge in [-0.15, -0.1) is 0 Å². The number of phenols is 1. The zero-order valence-electron chi connectivity index (χ0n) is 10.2. The SMILES string of the molecule is CC1CN(C(=O)c2ccccc2O)CC(C)N1. The third-order valence-electron chi connectivity index (χ3n) is 2.98. The zero-order valence-corrected chi connectivity index (χ0v) is 10.2. The van der Waals surface area contributed by atoms with E-state index in [-0.39, 0.29) is 23.7 Å². The van der Waals surface area contributed by atoms with Crippen LogP contribution in [0.25, 0.3) is 0 Å². The Hall–Kier alpha value is -1.55. The smallest absolute Gasteiger partial charge is 0.257 e. The van der Waals surface area contributed by atoms with Gasteiger partial charge < -0.3 is 15.3 Å². The van der Waals surface area contributed by atoms with Gasteiger partial charge in [-0.3, -0.25) is 4.79 Å². The Morgan fingerprint density at radius 3 is 2.47 bits per heavy atom. The number of piperazine rings is 1. The molecule has 1 aromatic rings. The van der Waals surface area contributed by atoms with E-state index in [0.29, 0.717) is 18.7 Å². The van der Waals surface area contributed by atoms with E-state index in [9.17, 15) is 9.90 Å². The maximum atomic E-state index is 12.2. The summed E-state index contributed by atoms with van der Waals surface area (Å²) in [5.74, 6) is -0.0420. The van der Waals surface area contributed by atoms with E-state index in [2.05, 4.69) is 19.2 Å². The minimum Gasteiger partial charge on any atom is -0.507 e. The van der Waals surface area contributed by atoms with E-state index in [4.69, 9.17) is 0 Å². The van der Waals surface area contributed by atoms with Crippen molar-refractivity contribution in [2.24, 2.45) is 0 Å². The molecule has 17 heavy (non-hydrogen) atoms. The van der Waals surface area contributed by atoms with Crippen LogP contribution in [0.4, 0.5) is 0 Å².